The van der Waals surface area contributed by atoms with Crippen LogP contribution < -0.4 is 0 Å². The predicted octanol–water partition coefficient (Wildman–Crippen LogP) is 3.64. The lowest BCUT2D eigenvalue weighted by Gasteiger charge is -2.28. The van der Waals surface area contributed by atoms with Gasteiger partial charge in [0.1, 0.15) is 0 Å². The van der Waals surface area contributed by atoms with Gasteiger partial charge in [0, 0.05) is 11.1 Å². The summed E-state index contributed by atoms with van der Waals surface area (Å²) in [5.41, 5.74) is 3.48. The number of hydrogen-bond donors (Lipinski definition) is 1. The van der Waals surface area contributed by atoms with Crippen molar-refractivity contribution < 1.29 is 5.11 Å². The molecule has 1 aliphatic carbocycles. The summed E-state index contributed by atoms with van der Waals surface area (Å²) >= 11 is 0. The number of hydrogen-bond acceptors (Lipinski definition) is 2. The Kier molecular flexibility index (Phi) is 3.52. The second-order valence-electron chi connectivity index (χ2n) is 5.76. The molecule has 2 aromatic rings. The molecule has 2 heteroatoms. The predicted molar refractivity (Wildman–Crippen MR) is 78.1 cm³/mol. The van der Waals surface area contributed by atoms with Crippen LogP contribution in [0.25, 0.3) is 10.9 Å². The van der Waals surface area contributed by atoms with E-state index in [1.54, 1.807) is 0 Å². The normalized spacial score (nSPS) is 23.7. The summed E-state index contributed by atoms with van der Waals surface area (Å²) in [5.74, 6) is 0.416. The van der Waals surface area contributed by atoms with Crippen LogP contribution in [0.2, 0.25) is 0 Å². The molecule has 1 fully saturated rings. The van der Waals surface area contributed by atoms with Gasteiger partial charge in [0.25, 0.3) is 0 Å². The summed E-state index contributed by atoms with van der Waals surface area (Å²) in [4.78, 5) is 4.59. The van der Waals surface area contributed by atoms with Crippen molar-refractivity contribution in [1.29, 1.82) is 0 Å². The van der Waals surface area contributed by atoms with Gasteiger partial charge in [-0.25, -0.2) is 0 Å². The molecular weight excluding hydrogens is 234 g/mol. The van der Waals surface area contributed by atoms with Crippen molar-refractivity contribution in [1.82, 2.24) is 4.98 Å². The summed E-state index contributed by atoms with van der Waals surface area (Å²) in [6.07, 6.45) is 5.40. The summed E-state index contributed by atoms with van der Waals surface area (Å²) in [6, 6.07) is 10.5. The number of aryl methyl sites for hydroxylation is 1. The summed E-state index contributed by atoms with van der Waals surface area (Å²) in [7, 11) is 0. The minimum atomic E-state index is -0.124. The van der Waals surface area contributed by atoms with E-state index < -0.39 is 0 Å². The highest BCUT2D eigenvalue weighted by Crippen LogP contribution is 2.30. The zero-order valence-electron chi connectivity index (χ0n) is 11.5. The number of para-hydroxylation sites is 1. The van der Waals surface area contributed by atoms with E-state index in [4.69, 9.17) is 0 Å². The van der Waals surface area contributed by atoms with Gasteiger partial charge >= 0.3 is 0 Å². The molecule has 1 saturated carbocycles. The molecule has 2 atom stereocenters. The van der Waals surface area contributed by atoms with Crippen LogP contribution in [-0.2, 0) is 6.42 Å². The van der Waals surface area contributed by atoms with Crippen LogP contribution in [0.1, 0.15) is 36.9 Å². The van der Waals surface area contributed by atoms with E-state index in [0.717, 1.165) is 30.5 Å². The molecule has 3 rings (SSSR count). The van der Waals surface area contributed by atoms with Gasteiger partial charge in [-0.15, -0.1) is 0 Å². The van der Waals surface area contributed by atoms with E-state index in [1.165, 1.54) is 23.8 Å². The van der Waals surface area contributed by atoms with Crippen molar-refractivity contribution in [2.75, 3.05) is 0 Å². The summed E-state index contributed by atoms with van der Waals surface area (Å²) in [5, 5.41) is 11.4. The summed E-state index contributed by atoms with van der Waals surface area (Å²) < 4.78 is 0. The molecule has 0 amide bonds. The van der Waals surface area contributed by atoms with Crippen molar-refractivity contribution >= 4 is 10.9 Å². The molecule has 0 saturated heterocycles. The smallest absolute Gasteiger partial charge is 0.0707 e. The van der Waals surface area contributed by atoms with E-state index in [-0.39, 0.29) is 6.10 Å². The highest BCUT2D eigenvalue weighted by molar-refractivity contribution is 5.82. The molecule has 1 aromatic heterocycles. The zero-order valence-corrected chi connectivity index (χ0v) is 11.5. The van der Waals surface area contributed by atoms with Crippen molar-refractivity contribution in [3.8, 4) is 0 Å². The fraction of sp³-hybridized carbons (Fsp3) is 0.471. The highest BCUT2D eigenvalue weighted by Gasteiger charge is 2.23. The minimum Gasteiger partial charge on any atom is -0.393 e. The monoisotopic (exact) mass is 255 g/mol. The van der Waals surface area contributed by atoms with Gasteiger partial charge < -0.3 is 5.11 Å². The molecule has 1 aromatic carbocycles. The average molecular weight is 255 g/mol. The van der Waals surface area contributed by atoms with Gasteiger partial charge in [0.05, 0.1) is 11.6 Å². The number of pyridine rings is 1. The Labute approximate surface area is 114 Å². The number of benzene rings is 1. The number of aliphatic hydroxyl groups is 1. The zero-order chi connectivity index (χ0) is 13.2. The molecule has 0 radical (unpaired) electrons. The molecule has 1 heterocycles. The largest absolute Gasteiger partial charge is 0.393 e. The maximum Gasteiger partial charge on any atom is 0.0707 e. The van der Waals surface area contributed by atoms with Crippen LogP contribution >= 0.6 is 0 Å². The number of nitrogens with zero attached hydrogens (tertiary/aromatic N) is 1. The Hall–Kier alpha value is -1.41. The van der Waals surface area contributed by atoms with Gasteiger partial charge in [0.2, 0.25) is 0 Å². The van der Waals surface area contributed by atoms with E-state index >= 15 is 0 Å². The quantitative estimate of drug-likeness (QED) is 0.888. The molecule has 0 aliphatic heterocycles. The molecule has 0 bridgehead atoms. The molecule has 0 spiro atoms. The van der Waals surface area contributed by atoms with Crippen LogP contribution in [0.5, 0.6) is 0 Å². The Morgan fingerprint density at radius 2 is 2.00 bits per heavy atom. The fourth-order valence-corrected chi connectivity index (χ4v) is 3.27. The van der Waals surface area contributed by atoms with Crippen LogP contribution in [0.4, 0.5) is 0 Å². The van der Waals surface area contributed by atoms with E-state index in [9.17, 15) is 5.11 Å². The number of aromatic nitrogens is 1. The van der Waals surface area contributed by atoms with E-state index in [0.29, 0.717) is 5.92 Å². The third kappa shape index (κ3) is 2.64. The van der Waals surface area contributed by atoms with Gasteiger partial charge in [-0.1, -0.05) is 31.0 Å². The number of fused-ring (bicyclic) bond motifs is 1. The van der Waals surface area contributed by atoms with Gasteiger partial charge in [-0.05, 0) is 49.8 Å². The molecule has 1 N–H and O–H groups in total. The highest BCUT2D eigenvalue weighted by atomic mass is 16.3. The number of rotatable bonds is 2. The third-order valence-corrected chi connectivity index (χ3v) is 4.28. The maximum atomic E-state index is 10.2. The first kappa shape index (κ1) is 12.6. The van der Waals surface area contributed by atoms with Crippen molar-refractivity contribution in [3.63, 3.8) is 0 Å². The molecule has 19 heavy (non-hydrogen) atoms. The van der Waals surface area contributed by atoms with Crippen molar-refractivity contribution in [2.45, 2.75) is 45.1 Å². The summed E-state index contributed by atoms with van der Waals surface area (Å²) in [6.45, 7) is 2.05. The minimum absolute atomic E-state index is 0.124. The maximum absolute atomic E-state index is 10.2. The molecule has 1 aliphatic rings. The lowest BCUT2D eigenvalue weighted by Crippen LogP contribution is -2.26. The Balaban J connectivity index is 1.95. The van der Waals surface area contributed by atoms with Crippen molar-refractivity contribution in [3.05, 3.63) is 41.6 Å². The Morgan fingerprint density at radius 3 is 2.84 bits per heavy atom. The standard InChI is InChI=1S/C17H21NO/c1-12-10-14(11-13-6-2-5-9-17(13)19)15-7-3-4-8-16(15)18-12/h3-4,7-8,10,13,17,19H,2,5-6,9,11H2,1H3. The van der Waals surface area contributed by atoms with Gasteiger partial charge in [-0.3, -0.25) is 4.98 Å². The fourth-order valence-electron chi connectivity index (χ4n) is 3.27. The first-order valence-electron chi connectivity index (χ1n) is 7.27. The Morgan fingerprint density at radius 1 is 1.21 bits per heavy atom. The average Bonchev–Trinajstić information content (AvgIpc) is 2.41. The lowest BCUT2D eigenvalue weighted by atomic mass is 9.82. The first-order valence-corrected chi connectivity index (χ1v) is 7.27. The molecular formula is C17H21NO. The van der Waals surface area contributed by atoms with Crippen molar-refractivity contribution in [2.24, 2.45) is 5.92 Å². The molecule has 100 valence electrons. The van der Waals surface area contributed by atoms with Gasteiger partial charge in [-0.2, -0.15) is 0 Å². The Bertz CT molecular complexity index is 578. The second kappa shape index (κ2) is 5.30. The molecule has 2 unspecified atom stereocenters. The first-order chi connectivity index (χ1) is 9.24. The van der Waals surface area contributed by atoms with E-state index in [1.807, 2.05) is 13.0 Å². The topological polar surface area (TPSA) is 33.1 Å². The van der Waals surface area contributed by atoms with Crippen LogP contribution in [0.15, 0.2) is 30.3 Å². The van der Waals surface area contributed by atoms with E-state index in [2.05, 4.69) is 29.2 Å². The van der Waals surface area contributed by atoms with Gasteiger partial charge in [0.15, 0.2) is 0 Å². The number of aliphatic hydroxyl groups excluding tert-OH is 1. The van der Waals surface area contributed by atoms with Crippen LogP contribution in [-0.4, -0.2) is 16.2 Å². The molecule has 2 nitrogen and oxygen atoms in total. The lowest BCUT2D eigenvalue weighted by molar-refractivity contribution is 0.0702. The van der Waals surface area contributed by atoms with Crippen LogP contribution in [0.3, 0.4) is 0 Å². The SMILES string of the molecule is Cc1cc(CC2CCCCC2O)c2ccccc2n1. The second-order valence-corrected chi connectivity index (χ2v) is 5.76. The third-order valence-electron chi connectivity index (χ3n) is 4.28. The van der Waals surface area contributed by atoms with Crippen LogP contribution in [0, 0.1) is 12.8 Å².